The standard InChI is InChI=1S/C31H30ClN3O5S/c1-3-39-30-19-25(15-18-29(30)40-22-24-9-5-4-6-10-24)20-33-34-31(36)21-35(28-12-8-7-11-27(28)32)41(37,38)26-16-13-23(2)14-17-26/h4-20H,3,21-22H2,1-2H3,(H,34,36)/b33-20-. The minimum absolute atomic E-state index is 0.0392. The number of rotatable bonds is 12. The van der Waals surface area contributed by atoms with Crippen molar-refractivity contribution >= 4 is 39.4 Å². The molecule has 0 fully saturated rings. The van der Waals surface area contributed by atoms with Crippen LogP contribution in [0.15, 0.2) is 107 Å². The number of sulfonamides is 1. The number of hydrogen-bond acceptors (Lipinski definition) is 6. The lowest BCUT2D eigenvalue weighted by atomic mass is 10.2. The number of hydrazone groups is 1. The van der Waals surface area contributed by atoms with Gasteiger partial charge in [-0.15, -0.1) is 0 Å². The summed E-state index contributed by atoms with van der Waals surface area (Å²) in [5.41, 5.74) is 5.17. The molecule has 0 aliphatic heterocycles. The summed E-state index contributed by atoms with van der Waals surface area (Å²) < 4.78 is 39.7. The van der Waals surface area contributed by atoms with Crippen molar-refractivity contribution in [1.82, 2.24) is 5.43 Å². The molecule has 8 nitrogen and oxygen atoms in total. The van der Waals surface area contributed by atoms with Crippen LogP contribution >= 0.6 is 11.6 Å². The Labute approximate surface area is 245 Å². The number of hydrogen-bond donors (Lipinski definition) is 1. The van der Waals surface area contributed by atoms with E-state index in [1.165, 1.54) is 18.3 Å². The summed E-state index contributed by atoms with van der Waals surface area (Å²) in [6.07, 6.45) is 1.44. The highest BCUT2D eigenvalue weighted by molar-refractivity contribution is 7.92. The summed E-state index contributed by atoms with van der Waals surface area (Å²) in [5.74, 6) is 0.464. The molecule has 0 aliphatic rings. The van der Waals surface area contributed by atoms with Crippen LogP contribution in [0.1, 0.15) is 23.6 Å². The maximum Gasteiger partial charge on any atom is 0.264 e. The molecule has 0 unspecified atom stereocenters. The summed E-state index contributed by atoms with van der Waals surface area (Å²) >= 11 is 6.33. The average Bonchev–Trinajstić information content (AvgIpc) is 2.97. The monoisotopic (exact) mass is 591 g/mol. The highest BCUT2D eigenvalue weighted by Crippen LogP contribution is 2.31. The number of nitrogens with one attached hydrogen (secondary N) is 1. The molecule has 0 aromatic heterocycles. The van der Waals surface area contributed by atoms with Gasteiger partial charge in [0.25, 0.3) is 15.9 Å². The fraction of sp³-hybridized carbons (Fsp3) is 0.161. The Balaban J connectivity index is 1.48. The molecule has 0 saturated carbocycles. The zero-order valence-corrected chi connectivity index (χ0v) is 24.2. The van der Waals surface area contributed by atoms with Gasteiger partial charge in [-0.05, 0) is 67.4 Å². The lowest BCUT2D eigenvalue weighted by Crippen LogP contribution is -2.39. The lowest BCUT2D eigenvalue weighted by Gasteiger charge is -2.24. The highest BCUT2D eigenvalue weighted by Gasteiger charge is 2.28. The summed E-state index contributed by atoms with van der Waals surface area (Å²) in [7, 11) is -4.10. The van der Waals surface area contributed by atoms with E-state index in [2.05, 4.69) is 10.5 Å². The van der Waals surface area contributed by atoms with Gasteiger partial charge in [0, 0.05) is 0 Å². The van der Waals surface area contributed by atoms with Crippen molar-refractivity contribution in [3.05, 3.63) is 119 Å². The van der Waals surface area contributed by atoms with E-state index in [0.717, 1.165) is 15.4 Å². The first-order valence-corrected chi connectivity index (χ1v) is 14.7. The van der Waals surface area contributed by atoms with E-state index >= 15 is 0 Å². The normalized spacial score (nSPS) is 11.3. The number of carbonyl (C=O) groups excluding carboxylic acids is 1. The van der Waals surface area contributed by atoms with Crippen molar-refractivity contribution in [1.29, 1.82) is 0 Å². The largest absolute Gasteiger partial charge is 0.490 e. The molecule has 0 radical (unpaired) electrons. The molecule has 212 valence electrons. The lowest BCUT2D eigenvalue weighted by molar-refractivity contribution is -0.119. The van der Waals surface area contributed by atoms with Gasteiger partial charge in [0.05, 0.1) is 28.4 Å². The molecule has 0 atom stereocenters. The van der Waals surface area contributed by atoms with Gasteiger partial charge in [-0.3, -0.25) is 9.10 Å². The number of carbonyl (C=O) groups is 1. The Morgan fingerprint density at radius 1 is 0.927 bits per heavy atom. The van der Waals surface area contributed by atoms with Crippen LogP contribution in [-0.2, 0) is 21.4 Å². The number of amides is 1. The van der Waals surface area contributed by atoms with Crippen molar-refractivity contribution in [3.8, 4) is 11.5 Å². The summed E-state index contributed by atoms with van der Waals surface area (Å²) in [5, 5.41) is 4.22. The molecule has 10 heteroatoms. The molecular formula is C31H30ClN3O5S. The van der Waals surface area contributed by atoms with Crippen LogP contribution < -0.4 is 19.2 Å². The highest BCUT2D eigenvalue weighted by atomic mass is 35.5. The summed E-state index contributed by atoms with van der Waals surface area (Å²) in [6.45, 7) is 4.02. The Hall–Kier alpha value is -4.34. The SMILES string of the molecule is CCOc1cc(/C=N\NC(=O)CN(c2ccccc2Cl)S(=O)(=O)c2ccc(C)cc2)ccc1OCc1ccccc1. The minimum atomic E-state index is -4.10. The van der Waals surface area contributed by atoms with Gasteiger partial charge >= 0.3 is 0 Å². The van der Waals surface area contributed by atoms with Crippen LogP contribution in [-0.4, -0.2) is 33.7 Å². The number of nitrogens with zero attached hydrogens (tertiary/aromatic N) is 2. The van der Waals surface area contributed by atoms with E-state index in [1.54, 1.807) is 54.6 Å². The van der Waals surface area contributed by atoms with Crippen LogP contribution in [0.3, 0.4) is 0 Å². The van der Waals surface area contributed by atoms with Gasteiger partial charge in [-0.2, -0.15) is 5.10 Å². The average molecular weight is 592 g/mol. The van der Waals surface area contributed by atoms with E-state index in [1.807, 2.05) is 44.2 Å². The first-order valence-electron chi connectivity index (χ1n) is 12.9. The van der Waals surface area contributed by atoms with Crippen LogP contribution in [0, 0.1) is 6.92 Å². The van der Waals surface area contributed by atoms with Gasteiger partial charge in [-0.25, -0.2) is 13.8 Å². The van der Waals surface area contributed by atoms with Gasteiger partial charge in [0.15, 0.2) is 11.5 Å². The predicted octanol–water partition coefficient (Wildman–Crippen LogP) is 5.97. The number of para-hydroxylation sites is 1. The van der Waals surface area contributed by atoms with Crippen LogP contribution in [0.2, 0.25) is 5.02 Å². The molecule has 41 heavy (non-hydrogen) atoms. The van der Waals surface area contributed by atoms with E-state index < -0.39 is 22.5 Å². The van der Waals surface area contributed by atoms with E-state index in [-0.39, 0.29) is 15.6 Å². The fourth-order valence-electron chi connectivity index (χ4n) is 3.86. The topological polar surface area (TPSA) is 97.3 Å². The predicted molar refractivity (Wildman–Crippen MR) is 161 cm³/mol. The number of halogens is 1. The van der Waals surface area contributed by atoms with Crippen molar-refractivity contribution < 1.29 is 22.7 Å². The third kappa shape index (κ3) is 7.87. The number of ether oxygens (including phenoxy) is 2. The number of aryl methyl sites for hydroxylation is 1. The fourth-order valence-corrected chi connectivity index (χ4v) is 5.59. The van der Waals surface area contributed by atoms with Crippen LogP contribution in [0.25, 0.3) is 0 Å². The number of benzene rings is 4. The van der Waals surface area contributed by atoms with Gasteiger partial charge in [0.2, 0.25) is 0 Å². The first-order chi connectivity index (χ1) is 19.8. The number of anilines is 1. The van der Waals surface area contributed by atoms with Crippen molar-refractivity contribution in [2.75, 3.05) is 17.5 Å². The molecule has 0 heterocycles. The molecule has 1 N–H and O–H groups in total. The molecular weight excluding hydrogens is 562 g/mol. The molecule has 0 spiro atoms. The quantitative estimate of drug-likeness (QED) is 0.162. The second-order valence-corrected chi connectivity index (χ2v) is 11.3. The smallest absolute Gasteiger partial charge is 0.264 e. The zero-order chi connectivity index (χ0) is 29.2. The third-order valence-corrected chi connectivity index (χ3v) is 8.02. The molecule has 1 amide bonds. The molecule has 4 aromatic rings. The first kappa shape index (κ1) is 29.6. The van der Waals surface area contributed by atoms with Gasteiger partial charge in [0.1, 0.15) is 13.2 Å². The van der Waals surface area contributed by atoms with E-state index in [0.29, 0.717) is 30.3 Å². The summed E-state index contributed by atoms with van der Waals surface area (Å²) in [6, 6.07) is 27.9. The third-order valence-electron chi connectivity index (χ3n) is 5.92. The second-order valence-electron chi connectivity index (χ2n) is 8.98. The van der Waals surface area contributed by atoms with Gasteiger partial charge in [-0.1, -0.05) is 71.8 Å². The van der Waals surface area contributed by atoms with Crippen molar-refractivity contribution in [2.24, 2.45) is 5.10 Å². The van der Waals surface area contributed by atoms with Gasteiger partial charge < -0.3 is 9.47 Å². The molecule has 4 aromatic carbocycles. The Bertz CT molecular complexity index is 1610. The van der Waals surface area contributed by atoms with Crippen LogP contribution in [0.4, 0.5) is 5.69 Å². The van der Waals surface area contributed by atoms with Crippen molar-refractivity contribution in [3.63, 3.8) is 0 Å². The van der Waals surface area contributed by atoms with E-state index in [9.17, 15) is 13.2 Å². The second kappa shape index (κ2) is 13.8. The maximum absolute atomic E-state index is 13.5. The van der Waals surface area contributed by atoms with Crippen molar-refractivity contribution in [2.45, 2.75) is 25.3 Å². The molecule has 0 saturated heterocycles. The molecule has 0 bridgehead atoms. The Kier molecular flexibility index (Phi) is 10.00. The Morgan fingerprint density at radius 2 is 1.63 bits per heavy atom. The van der Waals surface area contributed by atoms with Crippen LogP contribution in [0.5, 0.6) is 11.5 Å². The minimum Gasteiger partial charge on any atom is -0.490 e. The molecule has 0 aliphatic carbocycles. The molecule has 4 rings (SSSR count). The Morgan fingerprint density at radius 3 is 2.34 bits per heavy atom. The maximum atomic E-state index is 13.5. The summed E-state index contributed by atoms with van der Waals surface area (Å²) in [4.78, 5) is 12.9. The van der Waals surface area contributed by atoms with E-state index in [4.69, 9.17) is 21.1 Å². The zero-order valence-electron chi connectivity index (χ0n) is 22.7.